The summed E-state index contributed by atoms with van der Waals surface area (Å²) in [5, 5.41) is 0.217. The molecule has 2 rings (SSSR count). The number of hydrogen-bond acceptors (Lipinski definition) is 0. The highest BCUT2D eigenvalue weighted by atomic mass is 35.5. The van der Waals surface area contributed by atoms with Crippen LogP contribution in [0.1, 0.15) is 68.4 Å². The van der Waals surface area contributed by atoms with E-state index in [1.165, 1.54) is 56.1 Å². The third-order valence-electron chi connectivity index (χ3n) is 4.27. The van der Waals surface area contributed by atoms with Crippen molar-refractivity contribution in [2.45, 2.75) is 63.7 Å². The van der Waals surface area contributed by atoms with E-state index in [4.69, 9.17) is 11.6 Å². The van der Waals surface area contributed by atoms with Crippen molar-refractivity contribution in [2.24, 2.45) is 5.92 Å². The average molecular weight is 265 g/mol. The Morgan fingerprint density at radius 1 is 1.00 bits per heavy atom. The van der Waals surface area contributed by atoms with E-state index in [0.717, 1.165) is 6.42 Å². The summed E-state index contributed by atoms with van der Waals surface area (Å²) in [5.41, 5.74) is 2.72. The molecule has 1 aromatic rings. The van der Waals surface area contributed by atoms with Crippen LogP contribution in [-0.4, -0.2) is 0 Å². The van der Waals surface area contributed by atoms with Crippen LogP contribution < -0.4 is 0 Å². The molecule has 1 saturated carbocycles. The zero-order valence-corrected chi connectivity index (χ0v) is 12.3. The van der Waals surface area contributed by atoms with Gasteiger partial charge in [-0.1, -0.05) is 63.3 Å². The minimum absolute atomic E-state index is 0.217. The van der Waals surface area contributed by atoms with Gasteiger partial charge in [0.25, 0.3) is 0 Å². The largest absolute Gasteiger partial charge is 0.118 e. The average Bonchev–Trinajstić information content (AvgIpc) is 2.38. The molecular weight excluding hydrogens is 240 g/mol. The number of hydrogen-bond donors (Lipinski definition) is 0. The predicted molar refractivity (Wildman–Crippen MR) is 80.2 cm³/mol. The lowest BCUT2D eigenvalue weighted by molar-refractivity contribution is 0.368. The van der Waals surface area contributed by atoms with Gasteiger partial charge in [-0.2, -0.15) is 0 Å². The molecule has 0 nitrogen and oxygen atoms in total. The molecule has 0 bridgehead atoms. The molecule has 1 aromatic carbocycles. The summed E-state index contributed by atoms with van der Waals surface area (Å²) < 4.78 is 0. The molecule has 1 unspecified atom stereocenters. The van der Waals surface area contributed by atoms with Crippen LogP contribution in [0.5, 0.6) is 0 Å². The van der Waals surface area contributed by atoms with E-state index in [0.29, 0.717) is 5.92 Å². The minimum Gasteiger partial charge on any atom is -0.118 e. The Morgan fingerprint density at radius 3 is 2.11 bits per heavy atom. The van der Waals surface area contributed by atoms with Gasteiger partial charge in [-0.15, -0.1) is 11.6 Å². The van der Waals surface area contributed by atoms with Crippen LogP contribution in [0.25, 0.3) is 0 Å². The number of alkyl halides is 1. The van der Waals surface area contributed by atoms with E-state index in [9.17, 15) is 0 Å². The van der Waals surface area contributed by atoms with Gasteiger partial charge in [0.2, 0.25) is 0 Å². The maximum absolute atomic E-state index is 6.71. The summed E-state index contributed by atoms with van der Waals surface area (Å²) >= 11 is 6.71. The molecule has 0 heterocycles. The molecule has 1 aliphatic rings. The number of rotatable bonds is 3. The molecule has 0 N–H and O–H groups in total. The standard InChI is InChI=1S/C17H25Cl/c1-2-14-10-12-16(13-11-14)17(18)15-8-6-4-3-5-7-9-15/h10-13,15,17H,2-9H2,1H3. The first-order valence-electron chi connectivity index (χ1n) is 7.54. The van der Waals surface area contributed by atoms with Crippen molar-refractivity contribution in [1.82, 2.24) is 0 Å². The highest BCUT2D eigenvalue weighted by Gasteiger charge is 2.21. The van der Waals surface area contributed by atoms with Crippen LogP contribution in [0.2, 0.25) is 0 Å². The highest BCUT2D eigenvalue weighted by Crippen LogP contribution is 2.37. The van der Waals surface area contributed by atoms with Gasteiger partial charge in [0, 0.05) is 0 Å². The molecule has 18 heavy (non-hydrogen) atoms. The van der Waals surface area contributed by atoms with Crippen molar-refractivity contribution in [2.75, 3.05) is 0 Å². The summed E-state index contributed by atoms with van der Waals surface area (Å²) in [5.74, 6) is 0.680. The van der Waals surface area contributed by atoms with Crippen molar-refractivity contribution in [3.8, 4) is 0 Å². The predicted octanol–water partition coefficient (Wildman–Crippen LogP) is 5.89. The highest BCUT2D eigenvalue weighted by molar-refractivity contribution is 6.21. The van der Waals surface area contributed by atoms with Gasteiger partial charge in [0.1, 0.15) is 0 Å². The molecule has 100 valence electrons. The van der Waals surface area contributed by atoms with E-state index < -0.39 is 0 Å². The lowest BCUT2D eigenvalue weighted by Crippen LogP contribution is -2.10. The fourth-order valence-corrected chi connectivity index (χ4v) is 3.39. The number of aryl methyl sites for hydroxylation is 1. The molecule has 1 heteroatoms. The molecule has 0 aliphatic heterocycles. The Morgan fingerprint density at radius 2 is 1.56 bits per heavy atom. The second-order valence-corrected chi connectivity index (χ2v) is 6.07. The van der Waals surface area contributed by atoms with Crippen LogP contribution in [0.3, 0.4) is 0 Å². The zero-order chi connectivity index (χ0) is 12.8. The monoisotopic (exact) mass is 264 g/mol. The van der Waals surface area contributed by atoms with Crippen LogP contribution >= 0.6 is 11.6 Å². The molecule has 0 radical (unpaired) electrons. The second-order valence-electron chi connectivity index (χ2n) is 5.60. The Hall–Kier alpha value is -0.490. The zero-order valence-electron chi connectivity index (χ0n) is 11.5. The van der Waals surface area contributed by atoms with Crippen LogP contribution in [0, 0.1) is 5.92 Å². The summed E-state index contributed by atoms with van der Waals surface area (Å²) in [6.45, 7) is 2.20. The quantitative estimate of drug-likeness (QED) is 0.597. The van der Waals surface area contributed by atoms with Crippen molar-refractivity contribution < 1.29 is 0 Å². The van der Waals surface area contributed by atoms with E-state index in [2.05, 4.69) is 31.2 Å². The fraction of sp³-hybridized carbons (Fsp3) is 0.647. The first-order valence-corrected chi connectivity index (χ1v) is 7.98. The van der Waals surface area contributed by atoms with Gasteiger partial charge in [-0.05, 0) is 36.3 Å². The lowest BCUT2D eigenvalue weighted by atomic mass is 9.86. The molecule has 1 atom stereocenters. The maximum Gasteiger partial charge on any atom is 0.0613 e. The summed E-state index contributed by atoms with van der Waals surface area (Å²) in [6.07, 6.45) is 10.7. The van der Waals surface area contributed by atoms with Crippen LogP contribution in [0.15, 0.2) is 24.3 Å². The second kappa shape index (κ2) is 7.19. The van der Waals surface area contributed by atoms with E-state index in [1.54, 1.807) is 0 Å². The number of halogens is 1. The summed E-state index contributed by atoms with van der Waals surface area (Å²) in [6, 6.07) is 8.92. The van der Waals surface area contributed by atoms with Gasteiger partial charge in [-0.25, -0.2) is 0 Å². The smallest absolute Gasteiger partial charge is 0.0613 e. The third kappa shape index (κ3) is 3.75. The molecular formula is C17H25Cl. The first kappa shape index (κ1) is 13.9. The van der Waals surface area contributed by atoms with Gasteiger partial charge >= 0.3 is 0 Å². The van der Waals surface area contributed by atoms with Crippen molar-refractivity contribution in [3.05, 3.63) is 35.4 Å². The van der Waals surface area contributed by atoms with E-state index in [1.807, 2.05) is 0 Å². The van der Waals surface area contributed by atoms with Gasteiger partial charge in [0.15, 0.2) is 0 Å². The third-order valence-corrected chi connectivity index (χ3v) is 4.88. The topological polar surface area (TPSA) is 0 Å². The van der Waals surface area contributed by atoms with Gasteiger partial charge in [-0.3, -0.25) is 0 Å². The molecule has 0 aromatic heterocycles. The molecule has 0 spiro atoms. The molecule has 1 aliphatic carbocycles. The van der Waals surface area contributed by atoms with Crippen LogP contribution in [-0.2, 0) is 6.42 Å². The van der Waals surface area contributed by atoms with Gasteiger partial charge in [0.05, 0.1) is 5.38 Å². The molecule has 0 amide bonds. The van der Waals surface area contributed by atoms with Crippen LogP contribution in [0.4, 0.5) is 0 Å². The minimum atomic E-state index is 0.217. The number of benzene rings is 1. The normalized spacial score (nSPS) is 20.1. The lowest BCUT2D eigenvalue weighted by Gasteiger charge is -2.24. The first-order chi connectivity index (χ1) is 8.81. The Kier molecular flexibility index (Phi) is 5.56. The van der Waals surface area contributed by atoms with E-state index >= 15 is 0 Å². The summed E-state index contributed by atoms with van der Waals surface area (Å²) in [7, 11) is 0. The SMILES string of the molecule is CCc1ccc(C(Cl)C2CCCCCCC2)cc1. The van der Waals surface area contributed by atoms with Gasteiger partial charge < -0.3 is 0 Å². The fourth-order valence-electron chi connectivity index (χ4n) is 2.99. The molecule has 0 saturated heterocycles. The van der Waals surface area contributed by atoms with Crippen molar-refractivity contribution >= 4 is 11.6 Å². The van der Waals surface area contributed by atoms with E-state index in [-0.39, 0.29) is 5.38 Å². The summed E-state index contributed by atoms with van der Waals surface area (Å²) in [4.78, 5) is 0. The van der Waals surface area contributed by atoms with Crippen molar-refractivity contribution in [1.29, 1.82) is 0 Å². The Balaban J connectivity index is 2.00. The Bertz CT molecular complexity index is 333. The molecule has 1 fully saturated rings. The maximum atomic E-state index is 6.71. The van der Waals surface area contributed by atoms with Crippen molar-refractivity contribution in [3.63, 3.8) is 0 Å². The Labute approximate surface area is 117 Å².